The van der Waals surface area contributed by atoms with Crippen LogP contribution in [0.4, 0.5) is 4.39 Å². The van der Waals surface area contributed by atoms with Crippen LogP contribution < -0.4 is 19.5 Å². The minimum absolute atomic E-state index is 0.108. The Morgan fingerprint density at radius 1 is 0.966 bits per heavy atom. The number of esters is 1. The molecule has 0 bridgehead atoms. The highest BCUT2D eigenvalue weighted by atomic mass is 19.1. The van der Waals surface area contributed by atoms with Gasteiger partial charge in [-0.3, -0.25) is 4.79 Å². The van der Waals surface area contributed by atoms with E-state index in [0.29, 0.717) is 24.5 Å². The number of benzene rings is 2. The molecule has 0 aliphatic heterocycles. The second-order valence-corrected chi connectivity index (χ2v) is 6.12. The summed E-state index contributed by atoms with van der Waals surface area (Å²) in [5.41, 5.74) is 0.988. The fraction of sp³-hybridized carbons (Fsp3) is 0.333. The molecule has 29 heavy (non-hydrogen) atoms. The Kier molecular flexibility index (Phi) is 7.82. The molecule has 2 aromatic carbocycles. The molecule has 1 N–H and O–H groups in total. The summed E-state index contributed by atoms with van der Waals surface area (Å²) in [5, 5.41) is 2.69. The van der Waals surface area contributed by atoms with E-state index >= 15 is 0 Å². The van der Waals surface area contributed by atoms with Crippen LogP contribution in [-0.4, -0.2) is 45.9 Å². The molecule has 0 saturated carbocycles. The molecule has 1 atom stereocenters. The average Bonchev–Trinajstić information content (AvgIpc) is 2.73. The Balaban J connectivity index is 1.96. The third-order valence-corrected chi connectivity index (χ3v) is 4.20. The quantitative estimate of drug-likeness (QED) is 0.646. The molecule has 8 heteroatoms. The Morgan fingerprint density at radius 2 is 1.55 bits per heavy atom. The lowest BCUT2D eigenvalue weighted by molar-refractivity contribution is -0.129. The molecule has 0 saturated heterocycles. The van der Waals surface area contributed by atoms with Crippen LogP contribution in [0.25, 0.3) is 0 Å². The van der Waals surface area contributed by atoms with Crippen molar-refractivity contribution in [1.82, 2.24) is 5.32 Å². The SMILES string of the molecule is COc1cc(OC)c(C(=O)O[C@H](C)C(=O)NCCc2ccc(F)cc2)cc1OC. The number of hydrogen-bond donors (Lipinski definition) is 1. The fourth-order valence-corrected chi connectivity index (χ4v) is 2.59. The molecule has 0 unspecified atom stereocenters. The minimum atomic E-state index is -1.02. The van der Waals surface area contributed by atoms with Crippen LogP contribution in [-0.2, 0) is 16.0 Å². The molecular formula is C21H24FNO6. The summed E-state index contributed by atoms with van der Waals surface area (Å²) in [4.78, 5) is 24.7. The van der Waals surface area contributed by atoms with Crippen LogP contribution in [0.15, 0.2) is 36.4 Å². The van der Waals surface area contributed by atoms with Gasteiger partial charge in [0.1, 0.15) is 17.1 Å². The van der Waals surface area contributed by atoms with Gasteiger partial charge in [-0.25, -0.2) is 9.18 Å². The Bertz CT molecular complexity index is 853. The molecule has 1 amide bonds. The van der Waals surface area contributed by atoms with E-state index in [4.69, 9.17) is 18.9 Å². The zero-order valence-electron chi connectivity index (χ0n) is 16.8. The summed E-state index contributed by atoms with van der Waals surface area (Å²) in [5.74, 6) is -0.534. The number of rotatable bonds is 9. The predicted octanol–water partition coefficient (Wildman–Crippen LogP) is 2.76. The van der Waals surface area contributed by atoms with Gasteiger partial charge in [0.25, 0.3) is 5.91 Å². The maximum absolute atomic E-state index is 12.9. The lowest BCUT2D eigenvalue weighted by atomic mass is 10.1. The van der Waals surface area contributed by atoms with E-state index in [9.17, 15) is 14.0 Å². The molecule has 0 fully saturated rings. The number of amides is 1. The van der Waals surface area contributed by atoms with E-state index in [1.807, 2.05) is 0 Å². The van der Waals surface area contributed by atoms with Crippen molar-refractivity contribution in [3.05, 3.63) is 53.3 Å². The molecule has 156 valence electrons. The van der Waals surface area contributed by atoms with Gasteiger partial charge in [0.05, 0.1) is 21.3 Å². The normalized spacial score (nSPS) is 11.3. The predicted molar refractivity (Wildman–Crippen MR) is 104 cm³/mol. The molecule has 2 aromatic rings. The zero-order valence-corrected chi connectivity index (χ0v) is 16.8. The first kappa shape index (κ1) is 22.0. The molecule has 0 heterocycles. The van der Waals surface area contributed by atoms with E-state index in [1.54, 1.807) is 12.1 Å². The van der Waals surface area contributed by atoms with Crippen LogP contribution in [0.2, 0.25) is 0 Å². The van der Waals surface area contributed by atoms with Crippen LogP contribution in [0.3, 0.4) is 0 Å². The highest BCUT2D eigenvalue weighted by Crippen LogP contribution is 2.35. The van der Waals surface area contributed by atoms with Crippen LogP contribution in [0, 0.1) is 5.82 Å². The lowest BCUT2D eigenvalue weighted by Gasteiger charge is -2.16. The van der Waals surface area contributed by atoms with Crippen molar-refractivity contribution in [2.45, 2.75) is 19.4 Å². The summed E-state index contributed by atoms with van der Waals surface area (Å²) in [6, 6.07) is 8.95. The van der Waals surface area contributed by atoms with Gasteiger partial charge in [0.2, 0.25) is 0 Å². The minimum Gasteiger partial charge on any atom is -0.496 e. The maximum Gasteiger partial charge on any atom is 0.342 e. The van der Waals surface area contributed by atoms with Crippen molar-refractivity contribution >= 4 is 11.9 Å². The summed E-state index contributed by atoms with van der Waals surface area (Å²) >= 11 is 0. The third kappa shape index (κ3) is 5.84. The number of hydrogen-bond acceptors (Lipinski definition) is 6. The molecular weight excluding hydrogens is 381 g/mol. The van der Waals surface area contributed by atoms with Crippen molar-refractivity contribution in [3.8, 4) is 17.2 Å². The number of halogens is 1. The Morgan fingerprint density at radius 3 is 2.14 bits per heavy atom. The second kappa shape index (κ2) is 10.3. The van der Waals surface area contributed by atoms with Gasteiger partial charge in [0, 0.05) is 18.7 Å². The van der Waals surface area contributed by atoms with Crippen LogP contribution in [0.1, 0.15) is 22.8 Å². The molecule has 0 radical (unpaired) electrons. The highest BCUT2D eigenvalue weighted by Gasteiger charge is 2.23. The number of methoxy groups -OCH3 is 3. The largest absolute Gasteiger partial charge is 0.496 e. The highest BCUT2D eigenvalue weighted by molar-refractivity contribution is 5.95. The summed E-state index contributed by atoms with van der Waals surface area (Å²) < 4.78 is 33.7. The molecule has 0 aliphatic rings. The van der Waals surface area contributed by atoms with Gasteiger partial charge in [-0.05, 0) is 31.0 Å². The zero-order chi connectivity index (χ0) is 21.4. The first-order chi connectivity index (χ1) is 13.9. The second-order valence-electron chi connectivity index (χ2n) is 6.12. The van der Waals surface area contributed by atoms with Gasteiger partial charge in [-0.1, -0.05) is 12.1 Å². The first-order valence-corrected chi connectivity index (χ1v) is 8.92. The summed E-state index contributed by atoms with van der Waals surface area (Å²) in [6.07, 6.45) is -0.496. The van der Waals surface area contributed by atoms with E-state index in [0.717, 1.165) is 5.56 Å². The van der Waals surface area contributed by atoms with Crippen molar-refractivity contribution in [2.24, 2.45) is 0 Å². The number of carbonyl (C=O) groups is 2. The van der Waals surface area contributed by atoms with Crippen LogP contribution >= 0.6 is 0 Å². The Hall–Kier alpha value is -3.29. The van der Waals surface area contributed by atoms with Crippen molar-refractivity contribution in [3.63, 3.8) is 0 Å². The van der Waals surface area contributed by atoms with E-state index in [-0.39, 0.29) is 17.1 Å². The van der Waals surface area contributed by atoms with Crippen molar-refractivity contribution < 1.29 is 32.9 Å². The van der Waals surface area contributed by atoms with Gasteiger partial charge >= 0.3 is 5.97 Å². The summed E-state index contributed by atoms with van der Waals surface area (Å²) in [6.45, 7) is 1.80. The average molecular weight is 405 g/mol. The van der Waals surface area contributed by atoms with E-state index in [2.05, 4.69) is 5.32 Å². The smallest absolute Gasteiger partial charge is 0.342 e. The van der Waals surface area contributed by atoms with Crippen LogP contribution in [0.5, 0.6) is 17.2 Å². The fourth-order valence-electron chi connectivity index (χ4n) is 2.59. The van der Waals surface area contributed by atoms with Crippen molar-refractivity contribution in [1.29, 1.82) is 0 Å². The number of nitrogens with one attached hydrogen (secondary N) is 1. The van der Waals surface area contributed by atoms with Gasteiger partial charge in [-0.15, -0.1) is 0 Å². The van der Waals surface area contributed by atoms with E-state index in [1.165, 1.54) is 52.5 Å². The van der Waals surface area contributed by atoms with Gasteiger partial charge in [0.15, 0.2) is 17.6 Å². The summed E-state index contributed by atoms with van der Waals surface area (Å²) in [7, 11) is 4.31. The number of carbonyl (C=O) groups excluding carboxylic acids is 2. The molecule has 7 nitrogen and oxygen atoms in total. The monoisotopic (exact) mass is 405 g/mol. The topological polar surface area (TPSA) is 83.1 Å². The van der Waals surface area contributed by atoms with E-state index < -0.39 is 18.0 Å². The first-order valence-electron chi connectivity index (χ1n) is 8.92. The lowest BCUT2D eigenvalue weighted by Crippen LogP contribution is -2.37. The molecule has 0 aromatic heterocycles. The third-order valence-electron chi connectivity index (χ3n) is 4.20. The molecule has 2 rings (SSSR count). The Labute approximate surface area is 168 Å². The standard InChI is InChI=1S/C21H24FNO6/c1-13(20(24)23-10-9-14-5-7-15(22)8-6-14)29-21(25)16-11-18(27-3)19(28-4)12-17(16)26-2/h5-8,11-13H,9-10H2,1-4H3,(H,23,24)/t13-/m1/s1. The van der Waals surface area contributed by atoms with Crippen molar-refractivity contribution in [2.75, 3.05) is 27.9 Å². The van der Waals surface area contributed by atoms with Gasteiger partial charge < -0.3 is 24.3 Å². The molecule has 0 aliphatic carbocycles. The maximum atomic E-state index is 12.9. The van der Waals surface area contributed by atoms with Gasteiger partial charge in [-0.2, -0.15) is 0 Å². The molecule has 0 spiro atoms. The number of ether oxygens (including phenoxy) is 4.